The van der Waals surface area contributed by atoms with Crippen LogP contribution in [0.1, 0.15) is 25.7 Å². The highest BCUT2D eigenvalue weighted by Crippen LogP contribution is 2.30. The molecule has 0 bridgehead atoms. The Morgan fingerprint density at radius 3 is 2.56 bits per heavy atom. The molecule has 3 N–H and O–H groups in total. The summed E-state index contributed by atoms with van der Waals surface area (Å²) in [6.07, 6.45) is 3.56. The van der Waals surface area contributed by atoms with Gasteiger partial charge in [0.2, 0.25) is 5.91 Å². The van der Waals surface area contributed by atoms with Gasteiger partial charge in [-0.2, -0.15) is 0 Å². The molecule has 0 saturated heterocycles. The van der Waals surface area contributed by atoms with E-state index < -0.39 is 5.54 Å². The summed E-state index contributed by atoms with van der Waals surface area (Å²) in [4.78, 5) is 12.0. The lowest BCUT2D eigenvalue weighted by Crippen LogP contribution is -2.48. The first-order chi connectivity index (χ1) is 8.01. The number of anilines is 1. The first-order valence-electron chi connectivity index (χ1n) is 5.57. The number of carbonyl (C=O) groups is 1. The van der Waals surface area contributed by atoms with Crippen LogP contribution in [-0.2, 0) is 4.79 Å². The van der Waals surface area contributed by atoms with Gasteiger partial charge >= 0.3 is 0 Å². The number of rotatable bonds is 2. The summed E-state index contributed by atoms with van der Waals surface area (Å²) < 4.78 is 0.759. The average molecular weight is 354 g/mol. The predicted octanol–water partition coefficient (Wildman–Crippen LogP) is 3.73. The molecule has 0 heterocycles. The van der Waals surface area contributed by atoms with E-state index in [1.165, 1.54) is 0 Å². The summed E-state index contributed by atoms with van der Waals surface area (Å²) in [5, 5.41) is 3.46. The van der Waals surface area contributed by atoms with Crippen LogP contribution in [0.3, 0.4) is 0 Å². The molecule has 0 atom stereocenters. The maximum atomic E-state index is 12.0. The molecule has 0 aliphatic heterocycles. The van der Waals surface area contributed by atoms with Gasteiger partial charge in [0.1, 0.15) is 0 Å². The molecule has 3 nitrogen and oxygen atoms in total. The second-order valence-electron chi connectivity index (χ2n) is 4.45. The van der Waals surface area contributed by atoms with Crippen molar-refractivity contribution in [1.82, 2.24) is 0 Å². The van der Waals surface area contributed by atoms with Crippen molar-refractivity contribution in [2.75, 3.05) is 5.32 Å². The van der Waals surface area contributed by atoms with Crippen molar-refractivity contribution in [1.29, 1.82) is 0 Å². The van der Waals surface area contributed by atoms with E-state index in [1.807, 2.05) is 0 Å². The van der Waals surface area contributed by atoms with E-state index in [4.69, 9.17) is 17.3 Å². The molecule has 0 aromatic heterocycles. The van der Waals surface area contributed by atoms with Crippen molar-refractivity contribution in [3.05, 3.63) is 27.7 Å². The van der Waals surface area contributed by atoms with E-state index in [9.17, 15) is 4.79 Å². The number of halogens is 3. The van der Waals surface area contributed by atoms with Gasteiger partial charge in [0.15, 0.2) is 0 Å². The zero-order valence-corrected chi connectivity index (χ0v) is 12.9. The summed E-state index contributed by atoms with van der Waals surface area (Å²) in [5.74, 6) is -0.107. The van der Waals surface area contributed by atoms with Gasteiger partial charge in [0, 0.05) is 10.2 Å². The Kier molecular flexibility index (Phi) is 5.46. The van der Waals surface area contributed by atoms with Gasteiger partial charge in [-0.3, -0.25) is 4.79 Å². The quantitative estimate of drug-likeness (QED) is 0.850. The lowest BCUT2D eigenvalue weighted by Gasteiger charge is -2.22. The molecule has 6 heteroatoms. The fraction of sp³-hybridized carbons (Fsp3) is 0.417. The van der Waals surface area contributed by atoms with Crippen molar-refractivity contribution in [2.24, 2.45) is 5.73 Å². The molecule has 0 unspecified atom stereocenters. The zero-order valence-electron chi connectivity index (χ0n) is 9.71. The molecule has 1 aromatic carbocycles. The van der Waals surface area contributed by atoms with E-state index in [1.54, 1.807) is 18.2 Å². The minimum Gasteiger partial charge on any atom is -0.324 e. The van der Waals surface area contributed by atoms with E-state index in [2.05, 4.69) is 21.2 Å². The summed E-state index contributed by atoms with van der Waals surface area (Å²) in [5.41, 5.74) is 6.08. The third kappa shape index (κ3) is 3.38. The Morgan fingerprint density at radius 2 is 2.00 bits per heavy atom. The van der Waals surface area contributed by atoms with Crippen LogP contribution in [0.5, 0.6) is 0 Å². The van der Waals surface area contributed by atoms with Gasteiger partial charge < -0.3 is 11.1 Å². The van der Waals surface area contributed by atoms with E-state index in [0.717, 1.165) is 30.2 Å². The fourth-order valence-electron chi connectivity index (χ4n) is 2.06. The molecule has 1 aromatic rings. The highest BCUT2D eigenvalue weighted by Gasteiger charge is 2.36. The summed E-state index contributed by atoms with van der Waals surface area (Å²) >= 11 is 9.21. The average Bonchev–Trinajstić information content (AvgIpc) is 2.72. The van der Waals surface area contributed by atoms with Gasteiger partial charge in [-0.05, 0) is 47.0 Å². The van der Waals surface area contributed by atoms with E-state index in [-0.39, 0.29) is 18.3 Å². The highest BCUT2D eigenvalue weighted by molar-refractivity contribution is 9.10. The van der Waals surface area contributed by atoms with Gasteiger partial charge in [0.25, 0.3) is 0 Å². The maximum Gasteiger partial charge on any atom is 0.244 e. The number of amides is 1. The topological polar surface area (TPSA) is 55.1 Å². The Morgan fingerprint density at radius 1 is 1.39 bits per heavy atom. The van der Waals surface area contributed by atoms with Crippen LogP contribution in [0.4, 0.5) is 5.69 Å². The molecule has 1 fully saturated rings. The third-order valence-corrected chi connectivity index (χ3v) is 4.34. The largest absolute Gasteiger partial charge is 0.324 e. The number of hydrogen-bond donors (Lipinski definition) is 2. The fourth-order valence-corrected chi connectivity index (χ4v) is 2.56. The van der Waals surface area contributed by atoms with Crippen molar-refractivity contribution < 1.29 is 4.79 Å². The summed E-state index contributed by atoms with van der Waals surface area (Å²) in [6, 6.07) is 5.28. The molecule has 100 valence electrons. The lowest BCUT2D eigenvalue weighted by atomic mass is 9.98. The van der Waals surface area contributed by atoms with Crippen molar-refractivity contribution in [3.8, 4) is 0 Å². The Hall–Kier alpha value is -0.290. The second kappa shape index (κ2) is 6.24. The lowest BCUT2D eigenvalue weighted by molar-refractivity contribution is -0.121. The molecule has 1 aliphatic rings. The molecule has 1 amide bonds. The summed E-state index contributed by atoms with van der Waals surface area (Å²) in [7, 11) is 0. The van der Waals surface area contributed by atoms with Crippen LogP contribution in [0, 0.1) is 0 Å². The minimum atomic E-state index is -0.702. The smallest absolute Gasteiger partial charge is 0.244 e. The molecular weight excluding hydrogens is 339 g/mol. The van der Waals surface area contributed by atoms with Crippen LogP contribution < -0.4 is 11.1 Å². The normalized spacial score (nSPS) is 17.1. The predicted molar refractivity (Wildman–Crippen MR) is 80.4 cm³/mol. The molecule has 18 heavy (non-hydrogen) atoms. The standard InChI is InChI=1S/C12H14BrClN2O.ClH/c13-9-7-8(3-4-10(9)14)16-11(17)12(15)5-1-2-6-12;/h3-4,7H,1-2,5-6,15H2,(H,16,17);1H. The molecular formula is C12H15BrCl2N2O. The summed E-state index contributed by atoms with van der Waals surface area (Å²) in [6.45, 7) is 0. The molecule has 1 saturated carbocycles. The number of carbonyl (C=O) groups excluding carboxylic acids is 1. The van der Waals surface area contributed by atoms with Crippen LogP contribution >= 0.6 is 39.9 Å². The van der Waals surface area contributed by atoms with Crippen molar-refractivity contribution in [2.45, 2.75) is 31.2 Å². The molecule has 2 rings (SSSR count). The minimum absolute atomic E-state index is 0. The zero-order chi connectivity index (χ0) is 12.5. The van der Waals surface area contributed by atoms with Crippen LogP contribution in [-0.4, -0.2) is 11.4 Å². The Labute approximate surface area is 126 Å². The van der Waals surface area contributed by atoms with Gasteiger partial charge in [0.05, 0.1) is 10.6 Å². The maximum absolute atomic E-state index is 12.0. The van der Waals surface area contributed by atoms with E-state index in [0.29, 0.717) is 10.7 Å². The second-order valence-corrected chi connectivity index (χ2v) is 5.71. The first kappa shape index (κ1) is 15.8. The van der Waals surface area contributed by atoms with Crippen molar-refractivity contribution >= 4 is 51.5 Å². The number of benzene rings is 1. The van der Waals surface area contributed by atoms with Gasteiger partial charge in [-0.15, -0.1) is 12.4 Å². The monoisotopic (exact) mass is 352 g/mol. The Balaban J connectivity index is 0.00000162. The Bertz CT molecular complexity index is 448. The van der Waals surface area contributed by atoms with Crippen molar-refractivity contribution in [3.63, 3.8) is 0 Å². The molecule has 0 spiro atoms. The first-order valence-corrected chi connectivity index (χ1v) is 6.74. The van der Waals surface area contributed by atoms with Gasteiger partial charge in [-0.25, -0.2) is 0 Å². The number of hydrogen-bond acceptors (Lipinski definition) is 2. The van der Waals surface area contributed by atoms with Crippen LogP contribution in [0.2, 0.25) is 5.02 Å². The molecule has 1 aliphatic carbocycles. The van der Waals surface area contributed by atoms with Gasteiger partial charge in [-0.1, -0.05) is 24.4 Å². The highest BCUT2D eigenvalue weighted by atomic mass is 79.9. The number of nitrogens with one attached hydrogen (secondary N) is 1. The SMILES string of the molecule is Cl.NC1(C(=O)Nc2ccc(Cl)c(Br)c2)CCCC1. The van der Waals surface area contributed by atoms with Crippen LogP contribution in [0.15, 0.2) is 22.7 Å². The molecule has 0 radical (unpaired) electrons. The van der Waals surface area contributed by atoms with Crippen LogP contribution in [0.25, 0.3) is 0 Å². The third-order valence-electron chi connectivity index (χ3n) is 3.13. The van der Waals surface area contributed by atoms with E-state index >= 15 is 0 Å². The number of nitrogens with two attached hydrogens (primary N) is 1.